The average molecular weight is 274 g/mol. The molecule has 2 aromatic rings. The summed E-state index contributed by atoms with van der Waals surface area (Å²) in [6.07, 6.45) is 0. The third-order valence-electron chi connectivity index (χ3n) is 2.01. The molecule has 1 aromatic carbocycles. The van der Waals surface area contributed by atoms with Crippen molar-refractivity contribution in [2.75, 3.05) is 5.32 Å². The van der Waals surface area contributed by atoms with Crippen molar-refractivity contribution in [2.24, 2.45) is 0 Å². The van der Waals surface area contributed by atoms with Crippen LogP contribution in [0.15, 0.2) is 17.6 Å². The van der Waals surface area contributed by atoms with Gasteiger partial charge in [-0.25, -0.2) is 22.9 Å². The van der Waals surface area contributed by atoms with Crippen LogP contribution in [0.3, 0.4) is 0 Å². The molecular weight excluding hydrogens is 269 g/mol. The summed E-state index contributed by atoms with van der Waals surface area (Å²) in [7, 11) is 0. The zero-order valence-corrected chi connectivity index (χ0v) is 9.39. The molecule has 1 aromatic heterocycles. The summed E-state index contributed by atoms with van der Waals surface area (Å²) in [6.45, 7) is 0. The second-order valence-electron chi connectivity index (χ2n) is 3.21. The molecule has 1 heterocycles. The lowest BCUT2D eigenvalue weighted by molar-refractivity contribution is 0.0692. The lowest BCUT2D eigenvalue weighted by atomic mass is 10.3. The van der Waals surface area contributed by atoms with Crippen LogP contribution >= 0.6 is 11.3 Å². The number of anilines is 2. The minimum Gasteiger partial charge on any atom is -0.476 e. The van der Waals surface area contributed by atoms with Gasteiger partial charge in [-0.2, -0.15) is 0 Å². The number of carboxylic acid groups (broad SMARTS) is 1. The first-order valence-corrected chi connectivity index (χ1v) is 5.45. The molecule has 0 fully saturated rings. The SMILES string of the molecule is O=C(O)c1ncsc1Nc1cc(F)cc(F)c1F. The van der Waals surface area contributed by atoms with Crippen LogP contribution in [0.5, 0.6) is 0 Å². The second kappa shape index (κ2) is 4.65. The number of aromatic nitrogens is 1. The van der Waals surface area contributed by atoms with Gasteiger partial charge in [0.25, 0.3) is 0 Å². The van der Waals surface area contributed by atoms with Gasteiger partial charge in [-0.15, -0.1) is 11.3 Å². The fourth-order valence-corrected chi connectivity index (χ4v) is 1.94. The number of nitrogens with one attached hydrogen (secondary N) is 1. The molecule has 0 aliphatic rings. The number of carboxylic acids is 1. The molecule has 0 saturated heterocycles. The highest BCUT2D eigenvalue weighted by Crippen LogP contribution is 2.28. The van der Waals surface area contributed by atoms with Gasteiger partial charge in [-0.3, -0.25) is 0 Å². The Hall–Kier alpha value is -2.09. The molecule has 0 aliphatic carbocycles. The van der Waals surface area contributed by atoms with Crippen LogP contribution in [0, 0.1) is 17.5 Å². The van der Waals surface area contributed by atoms with Crippen LogP contribution in [0.2, 0.25) is 0 Å². The average Bonchev–Trinajstić information content (AvgIpc) is 2.73. The summed E-state index contributed by atoms with van der Waals surface area (Å²) >= 11 is 0.879. The topological polar surface area (TPSA) is 62.2 Å². The standard InChI is InChI=1S/C10H5F3N2O2S/c11-4-1-5(12)7(13)6(2-4)15-9-8(10(16)17)14-3-18-9/h1-3,15H,(H,16,17). The largest absolute Gasteiger partial charge is 0.476 e. The molecule has 0 atom stereocenters. The van der Waals surface area contributed by atoms with Crippen molar-refractivity contribution in [2.45, 2.75) is 0 Å². The summed E-state index contributed by atoms with van der Waals surface area (Å²) in [4.78, 5) is 14.3. The van der Waals surface area contributed by atoms with Crippen molar-refractivity contribution < 1.29 is 23.1 Å². The minimum absolute atomic E-state index is 0.00796. The molecule has 0 spiro atoms. The Morgan fingerprint density at radius 1 is 1.33 bits per heavy atom. The lowest BCUT2D eigenvalue weighted by Crippen LogP contribution is -2.03. The molecule has 0 saturated carbocycles. The van der Waals surface area contributed by atoms with Crippen molar-refractivity contribution >= 4 is 28.0 Å². The lowest BCUT2D eigenvalue weighted by Gasteiger charge is -2.06. The fraction of sp³-hybridized carbons (Fsp3) is 0. The minimum atomic E-state index is -1.36. The maximum atomic E-state index is 13.3. The first-order chi connectivity index (χ1) is 8.49. The monoisotopic (exact) mass is 274 g/mol. The number of thiazole rings is 1. The number of benzene rings is 1. The Morgan fingerprint density at radius 3 is 2.72 bits per heavy atom. The maximum Gasteiger partial charge on any atom is 0.357 e. The van der Waals surface area contributed by atoms with Gasteiger partial charge in [0, 0.05) is 12.1 Å². The smallest absolute Gasteiger partial charge is 0.357 e. The zero-order chi connectivity index (χ0) is 13.3. The van der Waals surface area contributed by atoms with Crippen molar-refractivity contribution in [3.05, 3.63) is 40.8 Å². The predicted octanol–water partition coefficient (Wildman–Crippen LogP) is 3.00. The first-order valence-electron chi connectivity index (χ1n) is 4.57. The highest BCUT2D eigenvalue weighted by molar-refractivity contribution is 7.14. The molecule has 94 valence electrons. The van der Waals surface area contributed by atoms with Crippen LogP contribution < -0.4 is 5.32 Å². The van der Waals surface area contributed by atoms with E-state index in [-0.39, 0.29) is 10.7 Å². The Bertz CT molecular complexity index is 615. The molecule has 0 bridgehead atoms. The molecule has 0 unspecified atom stereocenters. The number of nitrogens with zero attached hydrogens (tertiary/aromatic N) is 1. The third kappa shape index (κ3) is 2.28. The van der Waals surface area contributed by atoms with E-state index in [1.54, 1.807) is 0 Å². The number of carbonyl (C=O) groups is 1. The van der Waals surface area contributed by atoms with E-state index in [1.165, 1.54) is 5.51 Å². The summed E-state index contributed by atoms with van der Waals surface area (Å²) in [5.74, 6) is -4.95. The van der Waals surface area contributed by atoms with Crippen LogP contribution in [0.1, 0.15) is 10.5 Å². The number of hydrogen-bond acceptors (Lipinski definition) is 4. The van der Waals surface area contributed by atoms with Gasteiger partial charge in [0.2, 0.25) is 0 Å². The number of rotatable bonds is 3. The molecule has 2 rings (SSSR count). The van der Waals surface area contributed by atoms with Crippen molar-refractivity contribution in [3.8, 4) is 0 Å². The van der Waals surface area contributed by atoms with Crippen LogP contribution in [-0.4, -0.2) is 16.1 Å². The van der Waals surface area contributed by atoms with Gasteiger partial charge in [0.1, 0.15) is 10.8 Å². The molecule has 0 aliphatic heterocycles. The molecule has 0 radical (unpaired) electrons. The Morgan fingerprint density at radius 2 is 2.06 bits per heavy atom. The number of halogens is 3. The Balaban J connectivity index is 2.40. The predicted molar refractivity (Wildman–Crippen MR) is 58.7 cm³/mol. The number of hydrogen-bond donors (Lipinski definition) is 2. The van der Waals surface area contributed by atoms with E-state index in [0.29, 0.717) is 6.07 Å². The summed E-state index contributed by atoms with van der Waals surface area (Å²) < 4.78 is 39.2. The molecule has 4 nitrogen and oxygen atoms in total. The zero-order valence-electron chi connectivity index (χ0n) is 8.58. The fourth-order valence-electron chi connectivity index (χ4n) is 1.26. The van der Waals surface area contributed by atoms with Crippen LogP contribution in [-0.2, 0) is 0 Å². The summed E-state index contributed by atoms with van der Waals surface area (Å²) in [6, 6.07) is 1.12. The highest BCUT2D eigenvalue weighted by Gasteiger charge is 2.17. The van der Waals surface area contributed by atoms with Gasteiger partial charge < -0.3 is 10.4 Å². The van der Waals surface area contributed by atoms with E-state index in [1.807, 2.05) is 0 Å². The van der Waals surface area contributed by atoms with E-state index in [2.05, 4.69) is 10.3 Å². The second-order valence-corrected chi connectivity index (χ2v) is 4.06. The van der Waals surface area contributed by atoms with Gasteiger partial charge in [0.15, 0.2) is 17.3 Å². The van der Waals surface area contributed by atoms with Gasteiger partial charge in [-0.1, -0.05) is 0 Å². The van der Waals surface area contributed by atoms with Crippen molar-refractivity contribution in [1.29, 1.82) is 0 Å². The van der Waals surface area contributed by atoms with Gasteiger partial charge >= 0.3 is 5.97 Å². The van der Waals surface area contributed by atoms with Gasteiger partial charge in [0.05, 0.1) is 11.2 Å². The maximum absolute atomic E-state index is 13.3. The van der Waals surface area contributed by atoms with E-state index < -0.39 is 29.1 Å². The van der Waals surface area contributed by atoms with Crippen molar-refractivity contribution in [1.82, 2.24) is 4.98 Å². The normalized spacial score (nSPS) is 10.4. The Kier molecular flexibility index (Phi) is 3.19. The van der Waals surface area contributed by atoms with E-state index in [4.69, 9.17) is 5.11 Å². The number of aromatic carboxylic acids is 1. The molecule has 8 heteroatoms. The molecular formula is C10H5F3N2O2S. The molecule has 0 amide bonds. The van der Waals surface area contributed by atoms with Gasteiger partial charge in [-0.05, 0) is 0 Å². The third-order valence-corrected chi connectivity index (χ3v) is 2.75. The van der Waals surface area contributed by atoms with Crippen LogP contribution in [0.4, 0.5) is 23.9 Å². The molecule has 18 heavy (non-hydrogen) atoms. The first kappa shape index (κ1) is 12.4. The highest BCUT2D eigenvalue weighted by atomic mass is 32.1. The summed E-state index contributed by atoms with van der Waals surface area (Å²) in [5.41, 5.74) is 0.391. The van der Waals surface area contributed by atoms with Crippen LogP contribution in [0.25, 0.3) is 0 Å². The van der Waals surface area contributed by atoms with E-state index in [0.717, 1.165) is 17.4 Å². The summed E-state index contributed by atoms with van der Waals surface area (Å²) in [5, 5.41) is 11.1. The van der Waals surface area contributed by atoms with Crippen molar-refractivity contribution in [3.63, 3.8) is 0 Å². The molecule has 2 N–H and O–H groups in total. The van der Waals surface area contributed by atoms with E-state index >= 15 is 0 Å². The Labute approximate surface area is 103 Å². The quantitative estimate of drug-likeness (QED) is 0.844. The van der Waals surface area contributed by atoms with E-state index in [9.17, 15) is 18.0 Å².